The van der Waals surface area contributed by atoms with Crippen LogP contribution in [0, 0.1) is 0 Å². The van der Waals surface area contributed by atoms with Gasteiger partial charge in [-0.1, -0.05) is 0 Å². The summed E-state index contributed by atoms with van der Waals surface area (Å²) in [5, 5.41) is -5.30. The molecule has 0 heterocycles. The number of carbonyl (C=O) groups is 2. The fourth-order valence-electron chi connectivity index (χ4n) is 1.64. The van der Waals surface area contributed by atoms with Crippen molar-refractivity contribution >= 4 is 50.7 Å². The second-order valence-electron chi connectivity index (χ2n) is 5.40. The maximum atomic E-state index is 12.0. The van der Waals surface area contributed by atoms with E-state index in [1.54, 1.807) is 12.5 Å². The van der Waals surface area contributed by atoms with Crippen LogP contribution in [-0.4, -0.2) is 72.9 Å². The van der Waals surface area contributed by atoms with Gasteiger partial charge in [0, 0.05) is 0 Å². The van der Waals surface area contributed by atoms with E-state index in [0.717, 1.165) is 0 Å². The summed E-state index contributed by atoms with van der Waals surface area (Å²) in [5.41, 5.74) is 11.0. The van der Waals surface area contributed by atoms with Crippen molar-refractivity contribution in [2.24, 2.45) is 11.5 Å². The number of hydrogen-bond donors (Lipinski definition) is 6. The smallest absolute Gasteiger partial charge is 0.356 e. The Hall–Kier alpha value is -0.140. The Kier molecular flexibility index (Phi) is 10.5. The molecule has 8 N–H and O–H groups in total. The van der Waals surface area contributed by atoms with Crippen molar-refractivity contribution in [3.05, 3.63) is 0 Å². The molecular formula is C11H24N2O10P2S2. The van der Waals surface area contributed by atoms with Crippen LogP contribution < -0.4 is 11.5 Å². The van der Waals surface area contributed by atoms with E-state index in [0.29, 0.717) is 0 Å². The van der Waals surface area contributed by atoms with Gasteiger partial charge in [0.05, 0.1) is 0 Å². The van der Waals surface area contributed by atoms with Crippen LogP contribution in [-0.2, 0) is 28.2 Å². The zero-order valence-electron chi connectivity index (χ0n) is 14.6. The van der Waals surface area contributed by atoms with Crippen molar-refractivity contribution in [2.75, 3.05) is 30.8 Å². The molecule has 0 fully saturated rings. The molecule has 27 heavy (non-hydrogen) atoms. The van der Waals surface area contributed by atoms with Gasteiger partial charge in [-0.2, -0.15) is 23.5 Å². The third-order valence-electron chi connectivity index (χ3n) is 3.50. The lowest BCUT2D eigenvalue weighted by molar-refractivity contribution is -0.171. The Morgan fingerprint density at radius 3 is 1.37 bits per heavy atom. The molecule has 2 atom stereocenters. The van der Waals surface area contributed by atoms with Crippen molar-refractivity contribution in [1.29, 1.82) is 0 Å². The van der Waals surface area contributed by atoms with Crippen molar-refractivity contribution in [2.45, 2.75) is 23.4 Å². The standard InChI is InChI=1S/C11H24N2O10P2S2/c1-26-5-3-10(12,24(16,17)18)8(14)22-7-23-9(15)11(13,4-6-27-2)25(19,20)21/h3-7,12-13H2,1-2H3,(H2,16,17,18)(H2,19,20,21). The Bertz CT molecular complexity index is 574. The number of nitrogens with two attached hydrogens (primary N) is 2. The summed E-state index contributed by atoms with van der Waals surface area (Å²) in [6, 6.07) is 0. The molecular weight excluding hydrogens is 446 g/mol. The highest BCUT2D eigenvalue weighted by atomic mass is 32.2. The summed E-state index contributed by atoms with van der Waals surface area (Å²) in [6.45, 7) is -1.17. The summed E-state index contributed by atoms with van der Waals surface area (Å²) >= 11 is 2.37. The van der Waals surface area contributed by atoms with E-state index >= 15 is 0 Å². The van der Waals surface area contributed by atoms with Gasteiger partial charge in [-0.3, -0.25) is 9.13 Å². The zero-order valence-corrected chi connectivity index (χ0v) is 18.1. The molecule has 0 aliphatic rings. The Morgan fingerprint density at radius 1 is 0.852 bits per heavy atom. The molecule has 0 aromatic rings. The highest BCUT2D eigenvalue weighted by Crippen LogP contribution is 2.51. The first kappa shape index (κ1) is 26.9. The monoisotopic (exact) mass is 470 g/mol. The summed E-state index contributed by atoms with van der Waals surface area (Å²) in [6.07, 6.45) is 2.43. The van der Waals surface area contributed by atoms with E-state index < -0.39 is 57.3 Å². The van der Waals surface area contributed by atoms with Gasteiger partial charge >= 0.3 is 27.1 Å². The number of esters is 2. The number of ether oxygens (including phenoxy) is 2. The van der Waals surface area contributed by atoms with Gasteiger partial charge in [-0.05, 0) is 36.9 Å². The first-order valence-electron chi connectivity index (χ1n) is 7.18. The van der Waals surface area contributed by atoms with Crippen LogP contribution in [0.1, 0.15) is 12.8 Å². The largest absolute Gasteiger partial charge is 0.426 e. The third kappa shape index (κ3) is 7.00. The molecule has 0 saturated carbocycles. The summed E-state index contributed by atoms with van der Waals surface area (Å²) in [7, 11) is -10.2. The maximum Gasteiger partial charge on any atom is 0.356 e. The van der Waals surface area contributed by atoms with Gasteiger partial charge < -0.3 is 40.5 Å². The predicted octanol–water partition coefficient (Wildman–Crippen LogP) is -0.798. The van der Waals surface area contributed by atoms with E-state index in [2.05, 4.69) is 9.47 Å². The maximum absolute atomic E-state index is 12.0. The summed E-state index contributed by atoms with van der Waals surface area (Å²) in [5.74, 6) is -2.79. The highest BCUT2D eigenvalue weighted by Gasteiger charge is 2.53. The van der Waals surface area contributed by atoms with Crippen molar-refractivity contribution in [1.82, 2.24) is 0 Å². The topological polar surface area (TPSA) is 220 Å². The lowest BCUT2D eigenvalue weighted by atomic mass is 10.2. The molecule has 0 aliphatic heterocycles. The highest BCUT2D eigenvalue weighted by molar-refractivity contribution is 7.98. The van der Waals surface area contributed by atoms with Crippen LogP contribution in [0.5, 0.6) is 0 Å². The van der Waals surface area contributed by atoms with Crippen molar-refractivity contribution < 1.29 is 47.8 Å². The summed E-state index contributed by atoms with van der Waals surface area (Å²) in [4.78, 5) is 61.3. The van der Waals surface area contributed by atoms with E-state index in [1.165, 1.54) is 23.5 Å². The minimum atomic E-state index is -5.11. The van der Waals surface area contributed by atoms with Gasteiger partial charge in [0.25, 0.3) is 0 Å². The molecule has 0 spiro atoms. The Morgan fingerprint density at radius 2 is 1.15 bits per heavy atom. The molecule has 0 aliphatic carbocycles. The summed E-state index contributed by atoms with van der Waals surface area (Å²) < 4.78 is 32.0. The van der Waals surface area contributed by atoms with Crippen LogP contribution in [0.3, 0.4) is 0 Å². The second-order valence-corrected chi connectivity index (χ2v) is 11.1. The normalized spacial score (nSPS) is 16.9. The molecule has 0 bridgehead atoms. The van der Waals surface area contributed by atoms with E-state index in [9.17, 15) is 38.3 Å². The number of carbonyl (C=O) groups excluding carboxylic acids is 2. The minimum Gasteiger partial charge on any atom is -0.426 e. The quantitative estimate of drug-likeness (QED) is 0.117. The molecule has 0 rings (SSSR count). The molecule has 0 amide bonds. The van der Waals surface area contributed by atoms with Crippen molar-refractivity contribution in [3.63, 3.8) is 0 Å². The molecule has 0 aromatic heterocycles. The van der Waals surface area contributed by atoms with Crippen LogP contribution in [0.15, 0.2) is 0 Å². The van der Waals surface area contributed by atoms with E-state index in [-0.39, 0.29) is 11.5 Å². The third-order valence-corrected chi connectivity index (χ3v) is 7.62. The average Bonchev–Trinajstić information content (AvgIpc) is 2.54. The lowest BCUT2D eigenvalue weighted by Gasteiger charge is -2.29. The SMILES string of the molecule is CSCCC(N)(C(=O)OCOC(=O)C(N)(CCSC)P(=O)(O)O)P(=O)(O)O. The molecule has 0 aromatic carbocycles. The Balaban J connectivity index is 5.11. The zero-order chi connectivity index (χ0) is 21.5. The van der Waals surface area contributed by atoms with Gasteiger partial charge in [-0.25, -0.2) is 9.59 Å². The van der Waals surface area contributed by atoms with Gasteiger partial charge in [0.15, 0.2) is 0 Å². The molecule has 0 radical (unpaired) electrons. The first-order chi connectivity index (χ1) is 12.2. The number of rotatable bonds is 12. The van der Waals surface area contributed by atoms with E-state index in [4.69, 9.17) is 11.5 Å². The van der Waals surface area contributed by atoms with Gasteiger partial charge in [0.2, 0.25) is 17.4 Å². The van der Waals surface area contributed by atoms with Crippen molar-refractivity contribution in [3.8, 4) is 0 Å². The fourth-order valence-corrected chi connectivity index (χ4v) is 4.40. The van der Waals surface area contributed by atoms with Gasteiger partial charge in [0.1, 0.15) is 0 Å². The molecule has 12 nitrogen and oxygen atoms in total. The van der Waals surface area contributed by atoms with Crippen LogP contribution in [0.25, 0.3) is 0 Å². The number of thioether (sulfide) groups is 2. The molecule has 160 valence electrons. The fraction of sp³-hybridized carbons (Fsp3) is 0.818. The lowest BCUT2D eigenvalue weighted by Crippen LogP contribution is -2.51. The average molecular weight is 470 g/mol. The van der Waals surface area contributed by atoms with E-state index in [1.807, 2.05) is 0 Å². The van der Waals surface area contributed by atoms with Crippen LogP contribution in [0.4, 0.5) is 0 Å². The second kappa shape index (κ2) is 10.6. The van der Waals surface area contributed by atoms with Gasteiger partial charge in [-0.15, -0.1) is 0 Å². The molecule has 16 heteroatoms. The number of hydrogen-bond acceptors (Lipinski definition) is 10. The minimum absolute atomic E-state index is 0.134. The predicted molar refractivity (Wildman–Crippen MR) is 101 cm³/mol. The molecule has 2 unspecified atom stereocenters. The van der Waals surface area contributed by atoms with Crippen LogP contribution >= 0.6 is 38.7 Å². The van der Waals surface area contributed by atoms with Crippen LogP contribution in [0.2, 0.25) is 0 Å². The first-order valence-corrected chi connectivity index (χ1v) is 13.2. The Labute approximate surface area is 164 Å². The molecule has 0 saturated heterocycles.